The Hall–Kier alpha value is -0.200. The maximum atomic E-state index is 10.7. The summed E-state index contributed by atoms with van der Waals surface area (Å²) >= 11 is 0. The van der Waals surface area contributed by atoms with Gasteiger partial charge in [0.05, 0.1) is 26.4 Å². The quantitative estimate of drug-likeness (QED) is 0.389. The first-order valence-corrected chi connectivity index (χ1v) is 3.68. The molecule has 0 N–H and O–H groups in total. The maximum Gasteiger partial charge on any atom is 0.301 e. The summed E-state index contributed by atoms with van der Waals surface area (Å²) < 4.78 is 18.7. The van der Waals surface area contributed by atoms with Gasteiger partial charge in [-0.3, -0.25) is 0 Å². The van der Waals surface area contributed by atoms with E-state index in [1.54, 1.807) is 0 Å². The number of hydrogen-bond donors (Lipinski definition) is 0. The van der Waals surface area contributed by atoms with Gasteiger partial charge < -0.3 is 18.9 Å². The first kappa shape index (κ1) is 11.8. The molecular weight excluding hydrogens is 164 g/mol. The van der Waals surface area contributed by atoms with Gasteiger partial charge in [0.1, 0.15) is 0 Å². The Morgan fingerprint density at radius 1 is 0.917 bits per heavy atom. The lowest BCUT2D eigenvalue weighted by Crippen LogP contribution is -2.19. The second kappa shape index (κ2) is 8.89. The highest BCUT2D eigenvalue weighted by atomic mass is 16.8. The van der Waals surface area contributed by atoms with Crippen LogP contribution in [0.1, 0.15) is 0 Å². The highest BCUT2D eigenvalue weighted by Gasteiger charge is 2.04. The predicted molar refractivity (Wildman–Crippen MR) is 40.1 cm³/mol. The molecule has 0 aromatic carbocycles. The molecular formula is C7H15O5. The number of hydrogen-bond acceptors (Lipinski definition) is 4. The third-order valence-electron chi connectivity index (χ3n) is 1.08. The summed E-state index contributed by atoms with van der Waals surface area (Å²) in [6.45, 7) is -0.149. The number of methoxy groups -OCH3 is 2. The van der Waals surface area contributed by atoms with E-state index in [9.17, 15) is 5.11 Å². The molecule has 0 fully saturated rings. The van der Waals surface area contributed by atoms with Gasteiger partial charge in [0, 0.05) is 14.2 Å². The molecule has 0 heterocycles. The fourth-order valence-corrected chi connectivity index (χ4v) is 0.503. The molecule has 0 aromatic rings. The Labute approximate surface area is 72.2 Å². The third kappa shape index (κ3) is 7.90. The Morgan fingerprint density at radius 3 is 1.67 bits per heavy atom. The van der Waals surface area contributed by atoms with Crippen molar-refractivity contribution in [3.05, 3.63) is 0 Å². The van der Waals surface area contributed by atoms with Crippen LogP contribution in [0.3, 0.4) is 0 Å². The van der Waals surface area contributed by atoms with E-state index < -0.39 is 6.48 Å². The zero-order valence-electron chi connectivity index (χ0n) is 7.45. The van der Waals surface area contributed by atoms with Crippen molar-refractivity contribution >= 4 is 0 Å². The third-order valence-corrected chi connectivity index (χ3v) is 1.08. The molecule has 0 rings (SSSR count). The molecule has 73 valence electrons. The molecule has 0 aromatic heterocycles. The van der Waals surface area contributed by atoms with Crippen molar-refractivity contribution in [1.82, 2.24) is 0 Å². The Bertz CT molecular complexity index is 77.9. The minimum absolute atomic E-state index is 0.248. The van der Waals surface area contributed by atoms with Crippen molar-refractivity contribution in [3.63, 3.8) is 0 Å². The first-order chi connectivity index (χ1) is 5.81. The molecule has 1 radical (unpaired) electrons. The normalized spacial score (nSPS) is 11.0. The zero-order chi connectivity index (χ0) is 9.23. The summed E-state index contributed by atoms with van der Waals surface area (Å²) in [5.74, 6) is 0. The molecule has 12 heavy (non-hydrogen) atoms. The van der Waals surface area contributed by atoms with E-state index in [-0.39, 0.29) is 13.2 Å². The highest BCUT2D eigenvalue weighted by Crippen LogP contribution is 1.90. The van der Waals surface area contributed by atoms with Gasteiger partial charge in [-0.25, -0.2) is 0 Å². The second-order valence-electron chi connectivity index (χ2n) is 2.02. The van der Waals surface area contributed by atoms with Gasteiger partial charge in [0.25, 0.3) is 0 Å². The first-order valence-electron chi connectivity index (χ1n) is 3.68. The maximum absolute atomic E-state index is 10.7. The summed E-state index contributed by atoms with van der Waals surface area (Å²) in [4.78, 5) is 0. The van der Waals surface area contributed by atoms with E-state index in [1.165, 1.54) is 14.2 Å². The van der Waals surface area contributed by atoms with Crippen LogP contribution in [0.4, 0.5) is 0 Å². The minimum Gasteiger partial charge on any atom is -0.382 e. The molecule has 5 nitrogen and oxygen atoms in total. The molecule has 0 aliphatic heterocycles. The topological polar surface area (TPSA) is 56.8 Å². The van der Waals surface area contributed by atoms with Crippen LogP contribution < -0.4 is 0 Å². The van der Waals surface area contributed by atoms with Crippen LogP contribution in [0.2, 0.25) is 0 Å². The van der Waals surface area contributed by atoms with Gasteiger partial charge in [-0.1, -0.05) is 0 Å². The molecule has 0 aliphatic rings. The Balaban J connectivity index is 3.04. The Morgan fingerprint density at radius 2 is 1.33 bits per heavy atom. The van der Waals surface area contributed by atoms with Gasteiger partial charge in [-0.15, -0.1) is 0 Å². The van der Waals surface area contributed by atoms with E-state index in [0.717, 1.165) is 0 Å². The van der Waals surface area contributed by atoms with Crippen LogP contribution in [-0.4, -0.2) is 47.1 Å². The van der Waals surface area contributed by atoms with Gasteiger partial charge in [0.15, 0.2) is 0 Å². The fraction of sp³-hybridized carbons (Fsp3) is 1.00. The fourth-order valence-electron chi connectivity index (χ4n) is 0.503. The Kier molecular flexibility index (Phi) is 8.74. The predicted octanol–water partition coefficient (Wildman–Crippen LogP) is 0.0265. The van der Waals surface area contributed by atoms with Crippen molar-refractivity contribution in [2.75, 3.05) is 40.6 Å². The smallest absolute Gasteiger partial charge is 0.301 e. The summed E-state index contributed by atoms with van der Waals surface area (Å²) in [6.07, 6.45) is 0. The van der Waals surface area contributed by atoms with E-state index in [0.29, 0.717) is 13.2 Å². The van der Waals surface area contributed by atoms with E-state index in [1.807, 2.05) is 0 Å². The molecule has 0 saturated carbocycles. The second-order valence-corrected chi connectivity index (χ2v) is 2.02. The minimum atomic E-state index is -1.43. The van der Waals surface area contributed by atoms with Crippen molar-refractivity contribution in [3.8, 4) is 0 Å². The summed E-state index contributed by atoms with van der Waals surface area (Å²) in [7, 11) is 3.07. The monoisotopic (exact) mass is 179 g/mol. The van der Waals surface area contributed by atoms with Crippen LogP contribution in [0.15, 0.2) is 0 Å². The SMILES string of the molecule is COCCOC([O])OCCOC. The van der Waals surface area contributed by atoms with Crippen LogP contribution in [-0.2, 0) is 24.1 Å². The zero-order valence-corrected chi connectivity index (χ0v) is 7.45. The number of ether oxygens (including phenoxy) is 4. The summed E-state index contributed by atoms with van der Waals surface area (Å²) in [5.41, 5.74) is 0. The molecule has 0 aliphatic carbocycles. The van der Waals surface area contributed by atoms with Crippen LogP contribution in [0.5, 0.6) is 0 Å². The lowest BCUT2D eigenvalue weighted by Gasteiger charge is -2.09. The van der Waals surface area contributed by atoms with Gasteiger partial charge >= 0.3 is 6.48 Å². The average molecular weight is 179 g/mol. The molecule has 0 spiro atoms. The standard InChI is InChI=1S/C7H15O5/c1-9-3-5-11-7(8)12-6-4-10-2/h7H,3-6H2,1-2H3. The van der Waals surface area contributed by atoms with E-state index >= 15 is 0 Å². The van der Waals surface area contributed by atoms with Crippen molar-refractivity contribution < 1.29 is 24.1 Å². The summed E-state index contributed by atoms with van der Waals surface area (Å²) in [5, 5.41) is 10.7. The van der Waals surface area contributed by atoms with E-state index in [2.05, 4.69) is 18.9 Å². The average Bonchev–Trinajstić information content (AvgIpc) is 2.06. The van der Waals surface area contributed by atoms with Gasteiger partial charge in [-0.2, -0.15) is 5.11 Å². The molecule has 0 bridgehead atoms. The van der Waals surface area contributed by atoms with Gasteiger partial charge in [0.2, 0.25) is 0 Å². The van der Waals surface area contributed by atoms with Crippen molar-refractivity contribution in [2.45, 2.75) is 6.48 Å². The van der Waals surface area contributed by atoms with E-state index in [4.69, 9.17) is 0 Å². The largest absolute Gasteiger partial charge is 0.382 e. The molecule has 0 saturated heterocycles. The van der Waals surface area contributed by atoms with Crippen molar-refractivity contribution in [2.24, 2.45) is 0 Å². The van der Waals surface area contributed by atoms with Gasteiger partial charge in [-0.05, 0) is 0 Å². The van der Waals surface area contributed by atoms with Crippen molar-refractivity contribution in [1.29, 1.82) is 0 Å². The van der Waals surface area contributed by atoms with Crippen LogP contribution in [0.25, 0.3) is 0 Å². The summed E-state index contributed by atoms with van der Waals surface area (Å²) in [6, 6.07) is 0. The highest BCUT2D eigenvalue weighted by molar-refractivity contribution is 4.28. The lowest BCUT2D eigenvalue weighted by atomic mass is 10.8. The molecule has 0 amide bonds. The number of rotatable bonds is 8. The molecule has 0 unspecified atom stereocenters. The van der Waals surface area contributed by atoms with Crippen LogP contribution >= 0.6 is 0 Å². The molecule has 5 heteroatoms. The molecule has 0 atom stereocenters. The lowest BCUT2D eigenvalue weighted by molar-refractivity contribution is -0.296. The van der Waals surface area contributed by atoms with Crippen LogP contribution in [0, 0.1) is 0 Å².